The minimum absolute atomic E-state index is 0.00553. The molecule has 2 aromatic carbocycles. The number of hydrogen-bond acceptors (Lipinski definition) is 3. The van der Waals surface area contributed by atoms with E-state index >= 15 is 0 Å². The molecule has 6 heteroatoms. The lowest BCUT2D eigenvalue weighted by atomic mass is 10.2. The van der Waals surface area contributed by atoms with Crippen LogP contribution >= 0.6 is 0 Å². The predicted octanol–water partition coefficient (Wildman–Crippen LogP) is 2.97. The average Bonchev–Trinajstić information content (AvgIpc) is 2.47. The van der Waals surface area contributed by atoms with Gasteiger partial charge in [-0.3, -0.25) is 4.31 Å². The van der Waals surface area contributed by atoms with E-state index in [1.165, 1.54) is 44.5 Å². The first kappa shape index (κ1) is 15.3. The molecule has 2 rings (SSSR count). The van der Waals surface area contributed by atoms with Crippen LogP contribution in [0.25, 0.3) is 0 Å². The van der Waals surface area contributed by atoms with Crippen LogP contribution in [-0.4, -0.2) is 22.6 Å². The largest absolute Gasteiger partial charge is 0.496 e. The molecule has 21 heavy (non-hydrogen) atoms. The molecule has 0 aliphatic carbocycles. The number of para-hydroxylation sites is 1. The molecule has 0 heterocycles. The molecule has 0 amide bonds. The van der Waals surface area contributed by atoms with Crippen molar-refractivity contribution in [1.82, 2.24) is 0 Å². The van der Waals surface area contributed by atoms with Crippen molar-refractivity contribution in [2.75, 3.05) is 18.5 Å². The maximum absolute atomic E-state index is 13.8. The van der Waals surface area contributed by atoms with E-state index in [1.807, 2.05) is 0 Å². The Labute approximate surface area is 123 Å². The van der Waals surface area contributed by atoms with Crippen LogP contribution in [-0.2, 0) is 10.0 Å². The van der Waals surface area contributed by atoms with Crippen LogP contribution in [0, 0.1) is 12.7 Å². The molecular weight excluding hydrogens is 293 g/mol. The molecule has 0 fully saturated rings. The number of aryl methyl sites for hydroxylation is 1. The van der Waals surface area contributed by atoms with Gasteiger partial charge in [-0.15, -0.1) is 0 Å². The molecule has 2 aromatic rings. The van der Waals surface area contributed by atoms with Crippen LogP contribution in [0.2, 0.25) is 0 Å². The SMILES string of the molecule is COc1ccc(S(=O)(=O)N(C)c2ccccc2F)cc1C. The average molecular weight is 309 g/mol. The van der Waals surface area contributed by atoms with Crippen LogP contribution in [0.1, 0.15) is 5.56 Å². The van der Waals surface area contributed by atoms with Crippen LogP contribution in [0.15, 0.2) is 47.4 Å². The number of sulfonamides is 1. The van der Waals surface area contributed by atoms with Gasteiger partial charge in [0.1, 0.15) is 11.6 Å². The summed E-state index contributed by atoms with van der Waals surface area (Å²) in [4.78, 5) is 0.0894. The van der Waals surface area contributed by atoms with Gasteiger partial charge in [-0.1, -0.05) is 12.1 Å². The fourth-order valence-corrected chi connectivity index (χ4v) is 3.30. The quantitative estimate of drug-likeness (QED) is 0.872. The lowest BCUT2D eigenvalue weighted by Crippen LogP contribution is -2.27. The number of ether oxygens (including phenoxy) is 1. The summed E-state index contributed by atoms with van der Waals surface area (Å²) in [6, 6.07) is 10.3. The van der Waals surface area contributed by atoms with Crippen LogP contribution in [0.3, 0.4) is 0 Å². The zero-order valence-corrected chi connectivity index (χ0v) is 12.8. The molecule has 0 unspecified atom stereocenters. The Kier molecular flexibility index (Phi) is 4.18. The summed E-state index contributed by atoms with van der Waals surface area (Å²) >= 11 is 0. The van der Waals surface area contributed by atoms with Crippen molar-refractivity contribution in [3.8, 4) is 5.75 Å². The molecular formula is C15H16FNO3S. The molecule has 0 atom stereocenters. The smallest absolute Gasteiger partial charge is 0.264 e. The van der Waals surface area contributed by atoms with Crippen LogP contribution < -0.4 is 9.04 Å². The van der Waals surface area contributed by atoms with Crippen molar-refractivity contribution in [3.63, 3.8) is 0 Å². The van der Waals surface area contributed by atoms with Crippen LogP contribution in [0.5, 0.6) is 5.75 Å². The summed E-state index contributed by atoms with van der Waals surface area (Å²) in [5, 5.41) is 0. The maximum atomic E-state index is 13.8. The molecule has 0 radical (unpaired) electrons. The van der Waals surface area contributed by atoms with Gasteiger partial charge >= 0.3 is 0 Å². The highest BCUT2D eigenvalue weighted by molar-refractivity contribution is 7.92. The number of nitrogens with zero attached hydrogens (tertiary/aromatic N) is 1. The first-order valence-corrected chi connectivity index (χ1v) is 7.70. The van der Waals surface area contributed by atoms with Gasteiger partial charge in [0.15, 0.2) is 0 Å². The number of benzene rings is 2. The van der Waals surface area contributed by atoms with Gasteiger partial charge < -0.3 is 4.74 Å². The van der Waals surface area contributed by atoms with E-state index in [0.29, 0.717) is 11.3 Å². The summed E-state index contributed by atoms with van der Waals surface area (Å²) < 4.78 is 44.9. The van der Waals surface area contributed by atoms with Gasteiger partial charge in [-0.25, -0.2) is 12.8 Å². The molecule has 0 aliphatic heterocycles. The molecule has 4 nitrogen and oxygen atoms in total. The maximum Gasteiger partial charge on any atom is 0.264 e. The molecule has 0 aromatic heterocycles. The minimum Gasteiger partial charge on any atom is -0.496 e. The third kappa shape index (κ3) is 2.85. The van der Waals surface area contributed by atoms with Gasteiger partial charge in [0.05, 0.1) is 17.7 Å². The number of rotatable bonds is 4. The Balaban J connectivity index is 2.47. The Morgan fingerprint density at radius 3 is 2.38 bits per heavy atom. The predicted molar refractivity (Wildman–Crippen MR) is 79.7 cm³/mol. The van der Waals surface area contributed by atoms with E-state index in [9.17, 15) is 12.8 Å². The zero-order valence-electron chi connectivity index (χ0n) is 12.0. The fourth-order valence-electron chi connectivity index (χ4n) is 2.01. The molecule has 0 N–H and O–H groups in total. The van der Waals surface area contributed by atoms with Crippen molar-refractivity contribution < 1.29 is 17.5 Å². The second kappa shape index (κ2) is 5.73. The summed E-state index contributed by atoms with van der Waals surface area (Å²) in [5.74, 6) is 0.0105. The van der Waals surface area contributed by atoms with E-state index < -0.39 is 15.8 Å². The molecule has 0 bridgehead atoms. The Bertz CT molecular complexity index is 759. The van der Waals surface area contributed by atoms with E-state index in [-0.39, 0.29) is 10.6 Å². The first-order chi connectivity index (χ1) is 9.87. The van der Waals surface area contributed by atoms with E-state index in [4.69, 9.17) is 4.74 Å². The van der Waals surface area contributed by atoms with Crippen molar-refractivity contribution in [1.29, 1.82) is 0 Å². The van der Waals surface area contributed by atoms with Crippen LogP contribution in [0.4, 0.5) is 10.1 Å². The number of anilines is 1. The standard InChI is InChI=1S/C15H16FNO3S/c1-11-10-12(8-9-15(11)20-3)21(18,19)17(2)14-7-5-4-6-13(14)16/h4-10H,1-3H3. The monoisotopic (exact) mass is 309 g/mol. The van der Waals surface area contributed by atoms with E-state index in [2.05, 4.69) is 0 Å². The van der Waals surface area contributed by atoms with Gasteiger partial charge in [-0.2, -0.15) is 0 Å². The minimum atomic E-state index is -3.82. The highest BCUT2D eigenvalue weighted by Gasteiger charge is 2.23. The summed E-state index contributed by atoms with van der Waals surface area (Å²) in [6.07, 6.45) is 0. The highest BCUT2D eigenvalue weighted by Crippen LogP contribution is 2.27. The van der Waals surface area contributed by atoms with E-state index in [0.717, 1.165) is 4.31 Å². The van der Waals surface area contributed by atoms with Gasteiger partial charge in [0.25, 0.3) is 10.0 Å². The summed E-state index contributed by atoms with van der Waals surface area (Å²) in [7, 11) is -0.982. The molecule has 0 saturated heterocycles. The molecule has 112 valence electrons. The third-order valence-electron chi connectivity index (χ3n) is 3.22. The van der Waals surface area contributed by atoms with Crippen molar-refractivity contribution >= 4 is 15.7 Å². The van der Waals surface area contributed by atoms with Crippen molar-refractivity contribution in [3.05, 3.63) is 53.8 Å². The highest BCUT2D eigenvalue weighted by atomic mass is 32.2. The Morgan fingerprint density at radius 2 is 1.81 bits per heavy atom. The Morgan fingerprint density at radius 1 is 1.14 bits per heavy atom. The molecule has 0 aliphatic rings. The fraction of sp³-hybridized carbons (Fsp3) is 0.200. The second-order valence-electron chi connectivity index (χ2n) is 4.56. The number of halogens is 1. The lowest BCUT2D eigenvalue weighted by molar-refractivity contribution is 0.411. The van der Waals surface area contributed by atoms with Crippen molar-refractivity contribution in [2.45, 2.75) is 11.8 Å². The summed E-state index contributed by atoms with van der Waals surface area (Å²) in [6.45, 7) is 1.75. The zero-order chi connectivity index (χ0) is 15.6. The third-order valence-corrected chi connectivity index (χ3v) is 4.98. The number of methoxy groups -OCH3 is 1. The lowest BCUT2D eigenvalue weighted by Gasteiger charge is -2.20. The molecule has 0 saturated carbocycles. The van der Waals surface area contributed by atoms with E-state index in [1.54, 1.807) is 19.1 Å². The second-order valence-corrected chi connectivity index (χ2v) is 6.52. The normalized spacial score (nSPS) is 11.2. The van der Waals surface area contributed by atoms with Crippen molar-refractivity contribution in [2.24, 2.45) is 0 Å². The number of hydrogen-bond donors (Lipinski definition) is 0. The van der Waals surface area contributed by atoms with Gasteiger partial charge in [0.2, 0.25) is 0 Å². The first-order valence-electron chi connectivity index (χ1n) is 6.26. The Hall–Kier alpha value is -2.08. The van der Waals surface area contributed by atoms with Gasteiger partial charge in [-0.05, 0) is 42.8 Å². The van der Waals surface area contributed by atoms with Gasteiger partial charge in [0, 0.05) is 7.05 Å². The summed E-state index contributed by atoms with van der Waals surface area (Å²) in [5.41, 5.74) is 0.700. The topological polar surface area (TPSA) is 46.6 Å². The molecule has 0 spiro atoms.